The summed E-state index contributed by atoms with van der Waals surface area (Å²) in [6, 6.07) is 1.43. The lowest BCUT2D eigenvalue weighted by Crippen LogP contribution is -2.46. The zero-order valence-electron chi connectivity index (χ0n) is 12.3. The SMILES string of the molecule is CCC(NC(CC)C1CCOC1)C1CCCCC1. The van der Waals surface area contributed by atoms with Gasteiger partial charge < -0.3 is 10.1 Å². The van der Waals surface area contributed by atoms with Crippen LogP contribution in [0.15, 0.2) is 0 Å². The predicted molar refractivity (Wildman–Crippen MR) is 76.8 cm³/mol. The molecule has 2 heteroatoms. The van der Waals surface area contributed by atoms with Gasteiger partial charge in [0.1, 0.15) is 0 Å². The Balaban J connectivity index is 1.86. The number of rotatable bonds is 6. The van der Waals surface area contributed by atoms with E-state index in [0.717, 1.165) is 31.1 Å². The third-order valence-corrected chi connectivity index (χ3v) is 5.06. The van der Waals surface area contributed by atoms with Crippen molar-refractivity contribution in [3.8, 4) is 0 Å². The van der Waals surface area contributed by atoms with Crippen molar-refractivity contribution >= 4 is 0 Å². The highest BCUT2D eigenvalue weighted by molar-refractivity contribution is 4.85. The summed E-state index contributed by atoms with van der Waals surface area (Å²) in [4.78, 5) is 0. The third kappa shape index (κ3) is 3.71. The fourth-order valence-electron chi connectivity index (χ4n) is 3.86. The average Bonchev–Trinajstić information content (AvgIpc) is 2.95. The van der Waals surface area contributed by atoms with E-state index in [2.05, 4.69) is 19.2 Å². The lowest BCUT2D eigenvalue weighted by molar-refractivity contribution is 0.165. The molecule has 0 bridgehead atoms. The second-order valence-electron chi connectivity index (χ2n) is 6.22. The molecule has 3 unspecified atom stereocenters. The molecule has 2 fully saturated rings. The molecule has 0 radical (unpaired) electrons. The highest BCUT2D eigenvalue weighted by Gasteiger charge is 2.29. The number of hydrogen-bond donors (Lipinski definition) is 1. The van der Waals surface area contributed by atoms with Gasteiger partial charge in [-0.15, -0.1) is 0 Å². The highest BCUT2D eigenvalue weighted by Crippen LogP contribution is 2.29. The van der Waals surface area contributed by atoms with Crippen molar-refractivity contribution in [2.75, 3.05) is 13.2 Å². The van der Waals surface area contributed by atoms with Gasteiger partial charge in [-0.2, -0.15) is 0 Å². The fourth-order valence-corrected chi connectivity index (χ4v) is 3.86. The summed E-state index contributed by atoms with van der Waals surface area (Å²) in [5.41, 5.74) is 0. The lowest BCUT2D eigenvalue weighted by atomic mass is 9.82. The maximum absolute atomic E-state index is 5.56. The maximum atomic E-state index is 5.56. The standard InChI is InChI=1S/C16H31NO/c1-3-15(13-8-6-5-7-9-13)17-16(4-2)14-10-11-18-12-14/h13-17H,3-12H2,1-2H3. The molecular weight excluding hydrogens is 222 g/mol. The minimum atomic E-state index is 0.680. The van der Waals surface area contributed by atoms with Gasteiger partial charge in [-0.1, -0.05) is 33.1 Å². The van der Waals surface area contributed by atoms with Gasteiger partial charge in [0.2, 0.25) is 0 Å². The van der Waals surface area contributed by atoms with Gasteiger partial charge in [-0.25, -0.2) is 0 Å². The van der Waals surface area contributed by atoms with Crippen LogP contribution in [-0.4, -0.2) is 25.3 Å². The molecule has 1 aliphatic carbocycles. The zero-order valence-corrected chi connectivity index (χ0v) is 12.3. The molecule has 0 aromatic carbocycles. The Morgan fingerprint density at radius 1 is 0.944 bits per heavy atom. The predicted octanol–water partition coefficient (Wildman–Crippen LogP) is 3.75. The van der Waals surface area contributed by atoms with E-state index in [1.165, 1.54) is 51.4 Å². The van der Waals surface area contributed by atoms with Crippen molar-refractivity contribution in [1.29, 1.82) is 0 Å². The third-order valence-electron chi connectivity index (χ3n) is 5.06. The minimum absolute atomic E-state index is 0.680. The second-order valence-corrected chi connectivity index (χ2v) is 6.22. The van der Waals surface area contributed by atoms with Gasteiger partial charge in [0, 0.05) is 18.7 Å². The van der Waals surface area contributed by atoms with E-state index in [4.69, 9.17) is 4.74 Å². The van der Waals surface area contributed by atoms with Crippen molar-refractivity contribution in [3.63, 3.8) is 0 Å². The molecule has 2 rings (SSSR count). The quantitative estimate of drug-likeness (QED) is 0.778. The van der Waals surface area contributed by atoms with E-state index in [9.17, 15) is 0 Å². The van der Waals surface area contributed by atoms with Crippen LogP contribution in [0.4, 0.5) is 0 Å². The van der Waals surface area contributed by atoms with Crippen molar-refractivity contribution in [1.82, 2.24) is 5.32 Å². The van der Waals surface area contributed by atoms with Crippen molar-refractivity contribution in [2.45, 2.75) is 77.3 Å². The molecule has 1 saturated heterocycles. The van der Waals surface area contributed by atoms with Crippen LogP contribution in [0.5, 0.6) is 0 Å². The Morgan fingerprint density at radius 2 is 1.61 bits per heavy atom. The molecule has 1 aliphatic heterocycles. The van der Waals surface area contributed by atoms with Gasteiger partial charge in [0.05, 0.1) is 6.61 Å². The Kier molecular flexibility index (Phi) is 5.97. The molecule has 0 aromatic heterocycles. The summed E-state index contributed by atoms with van der Waals surface area (Å²) in [5.74, 6) is 1.69. The Bertz CT molecular complexity index is 219. The summed E-state index contributed by atoms with van der Waals surface area (Å²) in [6.07, 6.45) is 11.0. The van der Waals surface area contributed by atoms with Crippen LogP contribution < -0.4 is 5.32 Å². The van der Waals surface area contributed by atoms with E-state index in [-0.39, 0.29) is 0 Å². The Morgan fingerprint density at radius 3 is 2.17 bits per heavy atom. The van der Waals surface area contributed by atoms with E-state index >= 15 is 0 Å². The first-order valence-electron chi connectivity index (χ1n) is 8.19. The first-order chi connectivity index (χ1) is 8.85. The maximum Gasteiger partial charge on any atom is 0.0510 e. The van der Waals surface area contributed by atoms with Gasteiger partial charge in [-0.3, -0.25) is 0 Å². The van der Waals surface area contributed by atoms with E-state index in [1.807, 2.05) is 0 Å². The molecule has 3 atom stereocenters. The molecule has 1 heterocycles. The molecule has 1 saturated carbocycles. The molecule has 0 aromatic rings. The van der Waals surface area contributed by atoms with Crippen LogP contribution in [0.25, 0.3) is 0 Å². The van der Waals surface area contributed by atoms with Crippen LogP contribution in [0.3, 0.4) is 0 Å². The zero-order chi connectivity index (χ0) is 12.8. The number of hydrogen-bond acceptors (Lipinski definition) is 2. The molecule has 0 amide bonds. The van der Waals surface area contributed by atoms with Crippen molar-refractivity contribution in [2.24, 2.45) is 11.8 Å². The van der Waals surface area contributed by atoms with Crippen molar-refractivity contribution in [3.05, 3.63) is 0 Å². The first kappa shape index (κ1) is 14.3. The molecule has 2 aliphatic rings. The average molecular weight is 253 g/mol. The van der Waals surface area contributed by atoms with Crippen LogP contribution in [0.1, 0.15) is 65.2 Å². The molecule has 1 N–H and O–H groups in total. The molecular formula is C16H31NO. The van der Waals surface area contributed by atoms with Crippen LogP contribution in [0, 0.1) is 11.8 Å². The Labute approximate surface area is 113 Å². The van der Waals surface area contributed by atoms with Gasteiger partial charge in [0.25, 0.3) is 0 Å². The Hall–Kier alpha value is -0.0800. The van der Waals surface area contributed by atoms with Gasteiger partial charge in [-0.05, 0) is 43.9 Å². The summed E-state index contributed by atoms with van der Waals surface area (Å²) >= 11 is 0. The van der Waals surface area contributed by atoms with Crippen LogP contribution >= 0.6 is 0 Å². The topological polar surface area (TPSA) is 21.3 Å². The summed E-state index contributed by atoms with van der Waals surface area (Å²) in [6.45, 7) is 6.63. The molecule has 18 heavy (non-hydrogen) atoms. The van der Waals surface area contributed by atoms with Gasteiger partial charge >= 0.3 is 0 Å². The van der Waals surface area contributed by atoms with Gasteiger partial charge in [0.15, 0.2) is 0 Å². The lowest BCUT2D eigenvalue weighted by Gasteiger charge is -2.35. The van der Waals surface area contributed by atoms with E-state index < -0.39 is 0 Å². The molecule has 0 spiro atoms. The monoisotopic (exact) mass is 253 g/mol. The fraction of sp³-hybridized carbons (Fsp3) is 1.00. The summed E-state index contributed by atoms with van der Waals surface area (Å²) in [7, 11) is 0. The van der Waals surface area contributed by atoms with Crippen LogP contribution in [-0.2, 0) is 4.74 Å². The van der Waals surface area contributed by atoms with E-state index in [1.54, 1.807) is 0 Å². The smallest absolute Gasteiger partial charge is 0.0510 e. The summed E-state index contributed by atoms with van der Waals surface area (Å²) < 4.78 is 5.56. The first-order valence-corrected chi connectivity index (χ1v) is 8.19. The molecule has 2 nitrogen and oxygen atoms in total. The van der Waals surface area contributed by atoms with Crippen LogP contribution in [0.2, 0.25) is 0 Å². The molecule has 106 valence electrons. The number of nitrogens with one attached hydrogen (secondary N) is 1. The van der Waals surface area contributed by atoms with Crippen molar-refractivity contribution < 1.29 is 4.74 Å². The number of ether oxygens (including phenoxy) is 1. The van der Waals surface area contributed by atoms with E-state index in [0.29, 0.717) is 6.04 Å². The normalized spacial score (nSPS) is 29.3. The highest BCUT2D eigenvalue weighted by atomic mass is 16.5. The second kappa shape index (κ2) is 7.49. The minimum Gasteiger partial charge on any atom is -0.381 e. The summed E-state index contributed by atoms with van der Waals surface area (Å²) in [5, 5.41) is 3.99. The largest absolute Gasteiger partial charge is 0.381 e.